The molecule has 2 aliphatic rings. The number of amides is 2. The van der Waals surface area contributed by atoms with Crippen LogP contribution in [0.1, 0.15) is 90.4 Å². The van der Waals surface area contributed by atoms with Crippen LogP contribution in [0.2, 0.25) is 0 Å². The molecule has 0 radical (unpaired) electrons. The molecule has 2 amide bonds. The first-order chi connectivity index (χ1) is 17.4. The Hall–Kier alpha value is -3.68. The van der Waals surface area contributed by atoms with E-state index >= 15 is 0 Å². The summed E-state index contributed by atoms with van der Waals surface area (Å²) in [5.41, 5.74) is 2.09. The van der Waals surface area contributed by atoms with Gasteiger partial charge in [0.25, 0.3) is 11.8 Å². The average Bonchev–Trinajstić information content (AvgIpc) is 3.59. The second-order valence-corrected chi connectivity index (χ2v) is 10.1. The zero-order valence-electron chi connectivity index (χ0n) is 20.9. The summed E-state index contributed by atoms with van der Waals surface area (Å²) in [7, 11) is 1.68. The number of benzene rings is 1. The fraction of sp³-hybridized carbons (Fsp3) is 0.429. The van der Waals surface area contributed by atoms with Crippen LogP contribution in [-0.4, -0.2) is 44.6 Å². The number of nitrogens with zero attached hydrogens (tertiary/aromatic N) is 3. The summed E-state index contributed by atoms with van der Waals surface area (Å²) in [5, 5.41) is 10.4. The van der Waals surface area contributed by atoms with Crippen LogP contribution in [-0.2, 0) is 0 Å². The molecule has 8 nitrogen and oxygen atoms in total. The van der Waals surface area contributed by atoms with Crippen LogP contribution in [0.5, 0.6) is 0 Å². The molecule has 0 unspecified atom stereocenters. The first kappa shape index (κ1) is 24.0. The highest BCUT2D eigenvalue weighted by molar-refractivity contribution is 5.99. The van der Waals surface area contributed by atoms with Gasteiger partial charge in [0, 0.05) is 37.1 Å². The fourth-order valence-corrected chi connectivity index (χ4v) is 4.87. The van der Waals surface area contributed by atoms with Gasteiger partial charge in [-0.2, -0.15) is 5.10 Å². The monoisotopic (exact) mass is 487 g/mol. The Bertz CT molecular complexity index is 1300. The standard InChI is InChI=1S/C28H33N5O3/c1-18(24-15-25(31-30-24)19-9-5-3-6-10-19)32(2)28(36)23-17-33(21-11-7-4-8-12-21)16-22(26(23)34)27(35)29-20-13-14-20/h3,5-6,9-10,15-18,20-21H,4,7-8,11-14H2,1-2H3,(H,29,35)(H,30,31)/t18-/m0/s1. The van der Waals surface area contributed by atoms with Crippen molar-refractivity contribution in [1.82, 2.24) is 25.0 Å². The molecule has 2 fully saturated rings. The van der Waals surface area contributed by atoms with Crippen molar-refractivity contribution in [3.05, 3.63) is 75.8 Å². The van der Waals surface area contributed by atoms with E-state index in [1.807, 2.05) is 47.9 Å². The van der Waals surface area contributed by atoms with Gasteiger partial charge in [-0.1, -0.05) is 49.6 Å². The number of H-pyrrole nitrogens is 1. The van der Waals surface area contributed by atoms with Gasteiger partial charge in [0.05, 0.1) is 17.4 Å². The number of nitrogens with one attached hydrogen (secondary N) is 2. The number of pyridine rings is 1. The number of carbonyl (C=O) groups is 2. The summed E-state index contributed by atoms with van der Waals surface area (Å²) >= 11 is 0. The van der Waals surface area contributed by atoms with Gasteiger partial charge in [0.2, 0.25) is 5.43 Å². The third-order valence-electron chi connectivity index (χ3n) is 7.45. The summed E-state index contributed by atoms with van der Waals surface area (Å²) in [4.78, 5) is 41.5. The van der Waals surface area contributed by atoms with E-state index in [2.05, 4.69) is 15.5 Å². The van der Waals surface area contributed by atoms with E-state index in [9.17, 15) is 14.4 Å². The van der Waals surface area contributed by atoms with E-state index < -0.39 is 17.2 Å². The van der Waals surface area contributed by atoms with E-state index in [0.29, 0.717) is 0 Å². The molecule has 0 spiro atoms. The van der Waals surface area contributed by atoms with Crippen molar-refractivity contribution in [1.29, 1.82) is 0 Å². The molecule has 0 saturated heterocycles. The number of hydrogen-bond donors (Lipinski definition) is 2. The Morgan fingerprint density at radius 3 is 2.44 bits per heavy atom. The van der Waals surface area contributed by atoms with Gasteiger partial charge in [-0.15, -0.1) is 0 Å². The van der Waals surface area contributed by atoms with Crippen LogP contribution in [0.3, 0.4) is 0 Å². The normalized spacial score (nSPS) is 16.9. The summed E-state index contributed by atoms with van der Waals surface area (Å²) in [6.07, 6.45) is 10.5. The van der Waals surface area contributed by atoms with E-state index in [1.165, 1.54) is 11.3 Å². The van der Waals surface area contributed by atoms with Gasteiger partial charge in [-0.25, -0.2) is 0 Å². The van der Waals surface area contributed by atoms with Gasteiger partial charge in [-0.3, -0.25) is 19.5 Å². The smallest absolute Gasteiger partial charge is 0.259 e. The third kappa shape index (κ3) is 4.98. The SMILES string of the molecule is C[C@@H](c1cc(-c2ccccc2)n[nH]1)N(C)C(=O)c1cn(C2CCCCC2)cc(C(=O)NC2CC2)c1=O. The van der Waals surface area contributed by atoms with Crippen molar-refractivity contribution in [2.24, 2.45) is 0 Å². The van der Waals surface area contributed by atoms with Crippen LogP contribution < -0.4 is 10.7 Å². The van der Waals surface area contributed by atoms with Crippen LogP contribution in [0.25, 0.3) is 11.3 Å². The number of aromatic amines is 1. The zero-order chi connectivity index (χ0) is 25.2. The molecule has 8 heteroatoms. The molecule has 2 aromatic heterocycles. The number of rotatable bonds is 7. The van der Waals surface area contributed by atoms with Gasteiger partial charge < -0.3 is 14.8 Å². The third-order valence-corrected chi connectivity index (χ3v) is 7.45. The highest BCUT2D eigenvalue weighted by Gasteiger charge is 2.29. The van der Waals surface area contributed by atoms with Crippen molar-refractivity contribution in [2.45, 2.75) is 70.0 Å². The predicted octanol–water partition coefficient (Wildman–Crippen LogP) is 4.47. The Morgan fingerprint density at radius 2 is 1.75 bits per heavy atom. The maximum Gasteiger partial charge on any atom is 0.259 e. The Labute approximate surface area is 210 Å². The minimum atomic E-state index is -0.515. The summed E-state index contributed by atoms with van der Waals surface area (Å²) < 4.78 is 1.93. The highest BCUT2D eigenvalue weighted by Crippen LogP contribution is 2.29. The molecular formula is C28H33N5O3. The fourth-order valence-electron chi connectivity index (χ4n) is 4.87. The summed E-state index contributed by atoms with van der Waals surface area (Å²) in [5.74, 6) is -0.799. The quantitative estimate of drug-likeness (QED) is 0.514. The predicted molar refractivity (Wildman–Crippen MR) is 138 cm³/mol. The lowest BCUT2D eigenvalue weighted by Gasteiger charge is -2.27. The maximum atomic E-state index is 13.6. The summed E-state index contributed by atoms with van der Waals surface area (Å²) in [6, 6.07) is 11.7. The first-order valence-corrected chi connectivity index (χ1v) is 12.9. The van der Waals surface area contributed by atoms with E-state index in [-0.39, 0.29) is 29.3 Å². The molecule has 2 aliphatic carbocycles. The molecule has 2 N–H and O–H groups in total. The van der Waals surface area contributed by atoms with Crippen LogP contribution >= 0.6 is 0 Å². The summed E-state index contributed by atoms with van der Waals surface area (Å²) in [6.45, 7) is 1.89. The van der Waals surface area contributed by atoms with Crippen LogP contribution in [0.4, 0.5) is 0 Å². The minimum absolute atomic E-state index is 0.0289. The largest absolute Gasteiger partial charge is 0.349 e. The molecule has 5 rings (SSSR count). The van der Waals surface area contributed by atoms with E-state index in [4.69, 9.17) is 0 Å². The van der Waals surface area contributed by atoms with Crippen LogP contribution in [0.15, 0.2) is 53.6 Å². The zero-order valence-corrected chi connectivity index (χ0v) is 20.9. The first-order valence-electron chi connectivity index (χ1n) is 12.9. The molecule has 1 aromatic carbocycles. The molecule has 0 aliphatic heterocycles. The Balaban J connectivity index is 1.44. The van der Waals surface area contributed by atoms with Crippen molar-refractivity contribution in [2.75, 3.05) is 7.05 Å². The minimum Gasteiger partial charge on any atom is -0.349 e. The van der Waals surface area contributed by atoms with Crippen molar-refractivity contribution in [3.63, 3.8) is 0 Å². The molecular weight excluding hydrogens is 454 g/mol. The molecule has 188 valence electrons. The highest BCUT2D eigenvalue weighted by atomic mass is 16.2. The van der Waals surface area contributed by atoms with E-state index in [0.717, 1.165) is 55.5 Å². The van der Waals surface area contributed by atoms with Crippen molar-refractivity contribution in [3.8, 4) is 11.3 Å². The lowest BCUT2D eigenvalue weighted by Crippen LogP contribution is -2.38. The average molecular weight is 488 g/mol. The van der Waals surface area contributed by atoms with Gasteiger partial charge in [0.1, 0.15) is 11.1 Å². The lowest BCUT2D eigenvalue weighted by atomic mass is 9.95. The topological polar surface area (TPSA) is 100 Å². The van der Waals surface area contributed by atoms with Crippen molar-refractivity contribution >= 4 is 11.8 Å². The molecule has 2 heterocycles. The second-order valence-electron chi connectivity index (χ2n) is 10.1. The molecule has 1 atom stereocenters. The lowest BCUT2D eigenvalue weighted by molar-refractivity contribution is 0.0737. The molecule has 36 heavy (non-hydrogen) atoms. The van der Waals surface area contributed by atoms with Crippen molar-refractivity contribution < 1.29 is 9.59 Å². The Kier molecular flexibility index (Phi) is 6.76. The molecule has 3 aromatic rings. The maximum absolute atomic E-state index is 13.6. The number of hydrogen-bond acceptors (Lipinski definition) is 4. The van der Waals surface area contributed by atoms with Gasteiger partial charge in [-0.05, 0) is 38.7 Å². The number of carbonyl (C=O) groups excluding carboxylic acids is 2. The molecule has 0 bridgehead atoms. The van der Waals surface area contributed by atoms with Gasteiger partial charge in [0.15, 0.2) is 0 Å². The number of aromatic nitrogens is 3. The Morgan fingerprint density at radius 1 is 1.06 bits per heavy atom. The molecule has 2 saturated carbocycles. The van der Waals surface area contributed by atoms with Gasteiger partial charge >= 0.3 is 0 Å². The second kappa shape index (κ2) is 10.1. The van der Waals surface area contributed by atoms with Crippen LogP contribution in [0, 0.1) is 0 Å². The van der Waals surface area contributed by atoms with E-state index in [1.54, 1.807) is 19.4 Å².